The molecule has 0 spiro atoms. The molecule has 0 unspecified atom stereocenters. The minimum atomic E-state index is -4.19. The van der Waals surface area contributed by atoms with E-state index in [-0.39, 0.29) is 25.3 Å². The Labute approximate surface area is 187 Å². The summed E-state index contributed by atoms with van der Waals surface area (Å²) in [7, 11) is -1.47. The maximum atomic E-state index is 13.9. The van der Waals surface area contributed by atoms with Crippen LogP contribution in [-0.2, 0) is 30.7 Å². The quantitative estimate of drug-likeness (QED) is 0.671. The lowest BCUT2D eigenvalue weighted by molar-refractivity contribution is 0.138. The molecule has 1 aliphatic carbocycles. The molecule has 2 aromatic rings. The van der Waals surface area contributed by atoms with E-state index in [0.717, 1.165) is 33.7 Å². The predicted octanol–water partition coefficient (Wildman–Crippen LogP) is 1.83. The number of aromatic nitrogens is 2. The van der Waals surface area contributed by atoms with Crippen LogP contribution in [0.15, 0.2) is 38.9 Å². The number of nitrogens with zero attached hydrogens (tertiary/aromatic N) is 3. The normalized spacial score (nSPS) is 23.0. The topological polar surface area (TPSA) is 99.8 Å². The summed E-state index contributed by atoms with van der Waals surface area (Å²) in [5, 5.41) is 0. The average Bonchev–Trinajstić information content (AvgIpc) is 3.23. The molecular weight excluding hydrogens is 434 g/mol. The molecule has 1 fully saturated rings. The number of fused-ring (bicyclic) bond motifs is 1. The SMILES string of the molecule is C[C@@H]1[C@H](C)CCC[C@H]1N(Cc1ccc2c(c1)OCO2)S(=O)(=O)c1cn(C)c(=O)n(C)c1=O. The van der Waals surface area contributed by atoms with Crippen LogP contribution in [0.2, 0.25) is 0 Å². The van der Waals surface area contributed by atoms with Gasteiger partial charge in [0.2, 0.25) is 6.79 Å². The summed E-state index contributed by atoms with van der Waals surface area (Å²) < 4.78 is 42.0. The highest BCUT2D eigenvalue weighted by atomic mass is 32.2. The highest BCUT2D eigenvalue weighted by molar-refractivity contribution is 7.89. The Morgan fingerprint density at radius 2 is 1.81 bits per heavy atom. The second-order valence-corrected chi connectivity index (χ2v) is 10.7. The van der Waals surface area contributed by atoms with Crippen molar-refractivity contribution in [3.63, 3.8) is 0 Å². The fourth-order valence-corrected chi connectivity index (χ4v) is 6.51. The molecule has 10 heteroatoms. The Bertz CT molecular complexity index is 1250. The molecule has 32 heavy (non-hydrogen) atoms. The summed E-state index contributed by atoms with van der Waals surface area (Å²) in [6.07, 6.45) is 3.79. The fraction of sp³-hybridized carbons (Fsp3) is 0.545. The first-order valence-corrected chi connectivity index (χ1v) is 12.2. The van der Waals surface area contributed by atoms with Gasteiger partial charge in [0.15, 0.2) is 16.4 Å². The van der Waals surface area contributed by atoms with Crippen LogP contribution in [0.3, 0.4) is 0 Å². The number of benzene rings is 1. The summed E-state index contributed by atoms with van der Waals surface area (Å²) in [5.74, 6) is 1.66. The van der Waals surface area contributed by atoms with Crippen LogP contribution in [0.25, 0.3) is 0 Å². The summed E-state index contributed by atoms with van der Waals surface area (Å²) in [6.45, 7) is 4.42. The van der Waals surface area contributed by atoms with Gasteiger partial charge in [-0.25, -0.2) is 13.2 Å². The van der Waals surface area contributed by atoms with Crippen molar-refractivity contribution in [3.05, 3.63) is 50.8 Å². The van der Waals surface area contributed by atoms with Crippen molar-refractivity contribution in [2.24, 2.45) is 25.9 Å². The molecule has 1 saturated carbocycles. The van der Waals surface area contributed by atoms with Crippen molar-refractivity contribution < 1.29 is 17.9 Å². The van der Waals surface area contributed by atoms with Crippen molar-refractivity contribution >= 4 is 10.0 Å². The molecule has 2 aliphatic rings. The van der Waals surface area contributed by atoms with Crippen molar-refractivity contribution in [3.8, 4) is 11.5 Å². The van der Waals surface area contributed by atoms with E-state index in [2.05, 4.69) is 13.8 Å². The standard InChI is InChI=1S/C22H29N3O6S/c1-14-6-5-7-17(15(14)2)25(11-16-8-9-18-19(10-16)31-13-30-18)32(28,29)20-12-23(3)22(27)24(4)21(20)26/h8-10,12,14-15,17H,5-7,11,13H2,1-4H3/t14-,15-,17-/m1/s1. The van der Waals surface area contributed by atoms with Crippen LogP contribution in [0.1, 0.15) is 38.7 Å². The van der Waals surface area contributed by atoms with Gasteiger partial charge in [0.25, 0.3) is 15.6 Å². The van der Waals surface area contributed by atoms with Gasteiger partial charge in [0.1, 0.15) is 0 Å². The third kappa shape index (κ3) is 3.86. The molecule has 174 valence electrons. The Morgan fingerprint density at radius 1 is 1.09 bits per heavy atom. The number of hydrogen-bond acceptors (Lipinski definition) is 6. The van der Waals surface area contributed by atoms with E-state index in [1.165, 1.54) is 18.4 Å². The summed E-state index contributed by atoms with van der Waals surface area (Å²) >= 11 is 0. The maximum absolute atomic E-state index is 13.9. The van der Waals surface area contributed by atoms with Gasteiger partial charge in [-0.05, 0) is 36.0 Å². The van der Waals surface area contributed by atoms with Gasteiger partial charge in [-0.1, -0.05) is 32.8 Å². The molecule has 1 aromatic heterocycles. The van der Waals surface area contributed by atoms with Gasteiger partial charge < -0.3 is 14.0 Å². The molecule has 3 atom stereocenters. The molecule has 0 bridgehead atoms. The Kier molecular flexibility index (Phi) is 5.93. The third-order valence-corrected chi connectivity index (χ3v) is 8.66. The molecule has 1 aliphatic heterocycles. The Balaban J connectivity index is 1.82. The molecule has 1 aromatic carbocycles. The van der Waals surface area contributed by atoms with E-state index in [4.69, 9.17) is 9.47 Å². The fourth-order valence-electron chi connectivity index (χ4n) is 4.64. The van der Waals surface area contributed by atoms with E-state index in [1.807, 2.05) is 6.07 Å². The number of hydrogen-bond donors (Lipinski definition) is 0. The van der Waals surface area contributed by atoms with Gasteiger partial charge in [0, 0.05) is 32.9 Å². The lowest BCUT2D eigenvalue weighted by atomic mass is 9.78. The molecule has 0 N–H and O–H groups in total. The predicted molar refractivity (Wildman–Crippen MR) is 118 cm³/mol. The van der Waals surface area contributed by atoms with Crippen LogP contribution in [0.5, 0.6) is 11.5 Å². The van der Waals surface area contributed by atoms with Gasteiger partial charge in [0.05, 0.1) is 0 Å². The lowest BCUT2D eigenvalue weighted by Gasteiger charge is -2.40. The van der Waals surface area contributed by atoms with Crippen LogP contribution in [-0.4, -0.2) is 34.7 Å². The third-order valence-electron chi connectivity index (χ3n) is 6.81. The van der Waals surface area contributed by atoms with E-state index >= 15 is 0 Å². The summed E-state index contributed by atoms with van der Waals surface area (Å²) in [5.41, 5.74) is -0.652. The minimum Gasteiger partial charge on any atom is -0.454 e. The van der Waals surface area contributed by atoms with Crippen molar-refractivity contribution in [2.45, 2.75) is 50.6 Å². The summed E-state index contributed by atoms with van der Waals surface area (Å²) in [6, 6.07) is 5.09. The number of ether oxygens (including phenoxy) is 2. The highest BCUT2D eigenvalue weighted by Gasteiger charge is 2.40. The van der Waals surface area contributed by atoms with Crippen molar-refractivity contribution in [1.82, 2.24) is 13.4 Å². The zero-order chi connectivity index (χ0) is 23.2. The van der Waals surface area contributed by atoms with E-state index in [0.29, 0.717) is 23.8 Å². The zero-order valence-corrected chi connectivity index (χ0v) is 19.6. The molecule has 0 radical (unpaired) electrons. The van der Waals surface area contributed by atoms with Crippen LogP contribution in [0, 0.1) is 11.8 Å². The number of aryl methyl sites for hydroxylation is 1. The number of rotatable bonds is 5. The molecule has 0 amide bonds. The first-order chi connectivity index (χ1) is 15.1. The Morgan fingerprint density at radius 3 is 2.56 bits per heavy atom. The maximum Gasteiger partial charge on any atom is 0.330 e. The van der Waals surface area contributed by atoms with Gasteiger partial charge in [-0.3, -0.25) is 9.36 Å². The monoisotopic (exact) mass is 463 g/mol. The summed E-state index contributed by atoms with van der Waals surface area (Å²) in [4.78, 5) is 24.6. The molecule has 0 saturated heterocycles. The Hall–Kier alpha value is -2.59. The van der Waals surface area contributed by atoms with Gasteiger partial charge in [-0.2, -0.15) is 4.31 Å². The first-order valence-electron chi connectivity index (χ1n) is 10.8. The molecule has 2 heterocycles. The van der Waals surface area contributed by atoms with Crippen LogP contribution < -0.4 is 20.7 Å². The van der Waals surface area contributed by atoms with Gasteiger partial charge >= 0.3 is 5.69 Å². The first kappa shape index (κ1) is 22.6. The van der Waals surface area contributed by atoms with Crippen LogP contribution >= 0.6 is 0 Å². The second kappa shape index (κ2) is 8.40. The molecule has 9 nitrogen and oxygen atoms in total. The van der Waals surface area contributed by atoms with E-state index in [9.17, 15) is 18.0 Å². The van der Waals surface area contributed by atoms with E-state index < -0.39 is 26.2 Å². The van der Waals surface area contributed by atoms with E-state index in [1.54, 1.807) is 12.1 Å². The van der Waals surface area contributed by atoms with Crippen molar-refractivity contribution in [1.29, 1.82) is 0 Å². The van der Waals surface area contributed by atoms with Crippen LogP contribution in [0.4, 0.5) is 0 Å². The average molecular weight is 464 g/mol. The minimum absolute atomic E-state index is 0.0900. The van der Waals surface area contributed by atoms with Gasteiger partial charge in [-0.15, -0.1) is 0 Å². The second-order valence-electron chi connectivity index (χ2n) is 8.82. The zero-order valence-electron chi connectivity index (χ0n) is 18.8. The lowest BCUT2D eigenvalue weighted by Crippen LogP contribution is -2.49. The molecule has 4 rings (SSSR count). The molecular formula is C22H29N3O6S. The van der Waals surface area contributed by atoms with Crippen molar-refractivity contribution in [2.75, 3.05) is 6.79 Å². The number of sulfonamides is 1. The smallest absolute Gasteiger partial charge is 0.330 e. The largest absolute Gasteiger partial charge is 0.454 e. The highest BCUT2D eigenvalue weighted by Crippen LogP contribution is 2.37.